The molecule has 0 saturated heterocycles. The van der Waals surface area contributed by atoms with Gasteiger partial charge < -0.3 is 14.3 Å². The van der Waals surface area contributed by atoms with Gasteiger partial charge in [0.2, 0.25) is 5.91 Å². The number of carbonyl (C=O) groups excluding carboxylic acids is 1. The number of rotatable bonds is 12. The van der Waals surface area contributed by atoms with Crippen LogP contribution in [0.5, 0.6) is 0 Å². The second-order valence-electron chi connectivity index (χ2n) is 6.08. The quantitative estimate of drug-likeness (QED) is 0.607. The molecule has 132 valence electrons. The number of aryl methyl sites for hydroxylation is 1. The van der Waals surface area contributed by atoms with Gasteiger partial charge in [-0.25, -0.2) is 0 Å². The monoisotopic (exact) mass is 331 g/mol. The Bertz CT molecular complexity index is 549. The molecular formula is C19H29N3O2. The molecule has 2 heterocycles. The Balaban J connectivity index is 1.61. The molecule has 0 aromatic carbocycles. The van der Waals surface area contributed by atoms with E-state index in [0.717, 1.165) is 44.9 Å². The average Bonchev–Trinajstić information content (AvgIpc) is 3.27. The van der Waals surface area contributed by atoms with Gasteiger partial charge in [0.15, 0.2) is 0 Å². The number of unbranched alkanes of at least 4 members (excludes halogenated alkanes) is 1. The van der Waals surface area contributed by atoms with Crippen molar-refractivity contribution in [1.29, 1.82) is 0 Å². The van der Waals surface area contributed by atoms with Crippen LogP contribution in [-0.4, -0.2) is 35.0 Å². The number of aromatic nitrogens is 1. The maximum Gasteiger partial charge on any atom is 0.221 e. The Labute approximate surface area is 144 Å². The Hall–Kier alpha value is -2.01. The highest BCUT2D eigenvalue weighted by molar-refractivity contribution is 5.75. The molecule has 0 aliphatic rings. The van der Waals surface area contributed by atoms with E-state index in [1.807, 2.05) is 41.2 Å². The lowest BCUT2D eigenvalue weighted by molar-refractivity contribution is -0.121. The molecule has 0 unspecified atom stereocenters. The Kier molecular flexibility index (Phi) is 8.18. The highest BCUT2D eigenvalue weighted by atomic mass is 16.3. The van der Waals surface area contributed by atoms with Crippen molar-refractivity contribution in [2.24, 2.45) is 0 Å². The van der Waals surface area contributed by atoms with Gasteiger partial charge in [-0.2, -0.15) is 0 Å². The summed E-state index contributed by atoms with van der Waals surface area (Å²) in [6.07, 6.45) is 9.54. The molecule has 0 fully saturated rings. The zero-order valence-corrected chi connectivity index (χ0v) is 14.6. The van der Waals surface area contributed by atoms with E-state index in [1.165, 1.54) is 12.8 Å². The topological polar surface area (TPSA) is 50.4 Å². The molecule has 2 aromatic heterocycles. The van der Waals surface area contributed by atoms with Gasteiger partial charge in [-0.05, 0) is 43.7 Å². The van der Waals surface area contributed by atoms with E-state index in [9.17, 15) is 4.79 Å². The molecule has 0 aliphatic heterocycles. The maximum atomic E-state index is 11.9. The summed E-state index contributed by atoms with van der Waals surface area (Å²) in [7, 11) is 0. The van der Waals surface area contributed by atoms with E-state index in [2.05, 4.69) is 17.1 Å². The van der Waals surface area contributed by atoms with Gasteiger partial charge in [0.25, 0.3) is 0 Å². The standard InChI is InChI=1S/C19H29N3O2/c1-2-3-11-22(17-18-8-6-16-24-18)14-7-10-20-19(23)9-15-21-12-4-5-13-21/h4-6,8,12-13,16H,2-3,7,9-11,14-15,17H2,1H3,(H,20,23). The molecule has 2 rings (SSSR count). The lowest BCUT2D eigenvalue weighted by atomic mass is 10.2. The highest BCUT2D eigenvalue weighted by Gasteiger charge is 2.08. The number of hydrogen-bond acceptors (Lipinski definition) is 3. The normalized spacial score (nSPS) is 11.1. The van der Waals surface area contributed by atoms with Gasteiger partial charge in [-0.15, -0.1) is 0 Å². The minimum Gasteiger partial charge on any atom is -0.468 e. The van der Waals surface area contributed by atoms with E-state index in [4.69, 9.17) is 4.42 Å². The van der Waals surface area contributed by atoms with Crippen molar-refractivity contribution in [3.8, 4) is 0 Å². The van der Waals surface area contributed by atoms with Crippen molar-refractivity contribution in [3.63, 3.8) is 0 Å². The summed E-state index contributed by atoms with van der Waals surface area (Å²) in [5.74, 6) is 1.12. The Morgan fingerprint density at radius 3 is 2.71 bits per heavy atom. The van der Waals surface area contributed by atoms with Gasteiger partial charge in [0, 0.05) is 38.4 Å². The van der Waals surface area contributed by atoms with Gasteiger partial charge in [-0.1, -0.05) is 13.3 Å². The number of furan rings is 1. The summed E-state index contributed by atoms with van der Waals surface area (Å²) in [6.45, 7) is 6.55. The van der Waals surface area contributed by atoms with E-state index < -0.39 is 0 Å². The van der Waals surface area contributed by atoms with Crippen LogP contribution in [0.2, 0.25) is 0 Å². The molecule has 0 bridgehead atoms. The van der Waals surface area contributed by atoms with Crippen molar-refractivity contribution < 1.29 is 9.21 Å². The minimum atomic E-state index is 0.120. The third kappa shape index (κ3) is 7.04. The highest BCUT2D eigenvalue weighted by Crippen LogP contribution is 2.07. The number of nitrogens with zero attached hydrogens (tertiary/aromatic N) is 2. The molecule has 24 heavy (non-hydrogen) atoms. The summed E-state index contributed by atoms with van der Waals surface area (Å²) in [6, 6.07) is 7.89. The fraction of sp³-hybridized carbons (Fsp3) is 0.526. The summed E-state index contributed by atoms with van der Waals surface area (Å²) in [5, 5.41) is 3.01. The maximum absolute atomic E-state index is 11.9. The summed E-state index contributed by atoms with van der Waals surface area (Å²) in [5.41, 5.74) is 0. The molecular weight excluding hydrogens is 302 g/mol. The molecule has 1 amide bonds. The first kappa shape index (κ1) is 18.3. The first-order valence-corrected chi connectivity index (χ1v) is 8.90. The number of amides is 1. The molecule has 5 heteroatoms. The molecule has 0 saturated carbocycles. The third-order valence-corrected chi connectivity index (χ3v) is 4.02. The largest absolute Gasteiger partial charge is 0.468 e. The molecule has 5 nitrogen and oxygen atoms in total. The molecule has 0 spiro atoms. The fourth-order valence-corrected chi connectivity index (χ4v) is 2.64. The smallest absolute Gasteiger partial charge is 0.221 e. The summed E-state index contributed by atoms with van der Waals surface area (Å²) >= 11 is 0. The average molecular weight is 331 g/mol. The van der Waals surface area contributed by atoms with Gasteiger partial charge in [0.1, 0.15) is 5.76 Å². The first-order valence-electron chi connectivity index (χ1n) is 8.90. The SMILES string of the molecule is CCCCN(CCCNC(=O)CCn1cccc1)Cc1ccco1. The van der Waals surface area contributed by atoms with Crippen LogP contribution in [0, 0.1) is 0 Å². The molecule has 0 atom stereocenters. The van der Waals surface area contributed by atoms with Crippen LogP contribution < -0.4 is 5.32 Å². The summed E-state index contributed by atoms with van der Waals surface area (Å²) < 4.78 is 7.47. The summed E-state index contributed by atoms with van der Waals surface area (Å²) in [4.78, 5) is 14.3. The van der Waals surface area contributed by atoms with Crippen molar-refractivity contribution in [3.05, 3.63) is 48.7 Å². The molecule has 1 N–H and O–H groups in total. The molecule has 0 radical (unpaired) electrons. The van der Waals surface area contributed by atoms with E-state index in [1.54, 1.807) is 6.26 Å². The van der Waals surface area contributed by atoms with E-state index in [-0.39, 0.29) is 5.91 Å². The van der Waals surface area contributed by atoms with Crippen molar-refractivity contribution in [2.75, 3.05) is 19.6 Å². The van der Waals surface area contributed by atoms with Gasteiger partial charge in [0.05, 0.1) is 12.8 Å². The lowest BCUT2D eigenvalue weighted by Gasteiger charge is -2.21. The predicted molar refractivity (Wildman–Crippen MR) is 95.6 cm³/mol. The van der Waals surface area contributed by atoms with Crippen LogP contribution in [0.1, 0.15) is 38.4 Å². The second-order valence-corrected chi connectivity index (χ2v) is 6.08. The van der Waals surface area contributed by atoms with Crippen LogP contribution in [0.3, 0.4) is 0 Å². The van der Waals surface area contributed by atoms with Crippen molar-refractivity contribution in [2.45, 2.75) is 45.7 Å². The Morgan fingerprint density at radius 1 is 1.21 bits per heavy atom. The zero-order valence-electron chi connectivity index (χ0n) is 14.6. The zero-order chi connectivity index (χ0) is 17.0. The third-order valence-electron chi connectivity index (χ3n) is 4.02. The first-order chi connectivity index (χ1) is 11.8. The van der Waals surface area contributed by atoms with Crippen LogP contribution >= 0.6 is 0 Å². The fourth-order valence-electron chi connectivity index (χ4n) is 2.64. The van der Waals surface area contributed by atoms with E-state index in [0.29, 0.717) is 6.42 Å². The van der Waals surface area contributed by atoms with Crippen molar-refractivity contribution >= 4 is 5.91 Å². The van der Waals surface area contributed by atoms with Crippen LogP contribution in [0.15, 0.2) is 47.3 Å². The van der Waals surface area contributed by atoms with E-state index >= 15 is 0 Å². The number of carbonyl (C=O) groups is 1. The number of hydrogen-bond donors (Lipinski definition) is 1. The second kappa shape index (κ2) is 10.7. The predicted octanol–water partition coefficient (Wildman–Crippen LogP) is 3.28. The number of nitrogens with one attached hydrogen (secondary N) is 1. The molecule has 2 aromatic rings. The van der Waals surface area contributed by atoms with Crippen LogP contribution in [0.25, 0.3) is 0 Å². The van der Waals surface area contributed by atoms with Crippen LogP contribution in [0.4, 0.5) is 0 Å². The minimum absolute atomic E-state index is 0.120. The Morgan fingerprint density at radius 2 is 2.00 bits per heavy atom. The van der Waals surface area contributed by atoms with Gasteiger partial charge >= 0.3 is 0 Å². The van der Waals surface area contributed by atoms with Gasteiger partial charge in [-0.3, -0.25) is 9.69 Å². The lowest BCUT2D eigenvalue weighted by Crippen LogP contribution is -2.30. The van der Waals surface area contributed by atoms with Crippen LogP contribution in [-0.2, 0) is 17.9 Å². The molecule has 0 aliphatic carbocycles. The van der Waals surface area contributed by atoms with Crippen molar-refractivity contribution in [1.82, 2.24) is 14.8 Å².